The number of benzene rings is 2. The lowest BCUT2D eigenvalue weighted by Crippen LogP contribution is -2.32. The molecule has 3 aromatic rings. The summed E-state index contributed by atoms with van der Waals surface area (Å²) in [7, 11) is 0. The molecule has 0 radical (unpaired) electrons. The molecule has 0 saturated heterocycles. The number of anilines is 1. The van der Waals surface area contributed by atoms with Gasteiger partial charge in [-0.1, -0.05) is 24.6 Å². The van der Waals surface area contributed by atoms with Crippen LogP contribution in [0.3, 0.4) is 0 Å². The van der Waals surface area contributed by atoms with Crippen LogP contribution in [0.5, 0.6) is 0 Å². The van der Waals surface area contributed by atoms with E-state index in [0.29, 0.717) is 11.0 Å². The number of aromatic carboxylic acids is 1. The number of aromatic nitrogens is 2. The molecule has 3 rings (SSSR count). The van der Waals surface area contributed by atoms with E-state index in [1.165, 1.54) is 36.7 Å². The van der Waals surface area contributed by atoms with Crippen molar-refractivity contribution in [1.29, 1.82) is 0 Å². The van der Waals surface area contributed by atoms with E-state index >= 15 is 0 Å². The van der Waals surface area contributed by atoms with Crippen molar-refractivity contribution < 1.29 is 24.2 Å². The third-order valence-corrected chi connectivity index (χ3v) is 4.43. The fraction of sp³-hybridized carbons (Fsp3) is 0.150. The summed E-state index contributed by atoms with van der Waals surface area (Å²) >= 11 is 6.03. The summed E-state index contributed by atoms with van der Waals surface area (Å²) in [5, 5.41) is 11.8. The second-order valence-electron chi connectivity index (χ2n) is 6.02. The van der Waals surface area contributed by atoms with E-state index in [1.54, 1.807) is 19.1 Å². The van der Waals surface area contributed by atoms with E-state index in [0.717, 1.165) is 0 Å². The van der Waals surface area contributed by atoms with E-state index in [2.05, 4.69) is 15.3 Å². The molecule has 2 N–H and O–H groups in total. The summed E-state index contributed by atoms with van der Waals surface area (Å²) in [5.41, 5.74) is 1.16. The van der Waals surface area contributed by atoms with Crippen molar-refractivity contribution >= 4 is 46.2 Å². The van der Waals surface area contributed by atoms with Crippen LogP contribution in [-0.2, 0) is 9.53 Å². The Morgan fingerprint density at radius 1 is 1.17 bits per heavy atom. The van der Waals surface area contributed by atoms with Gasteiger partial charge < -0.3 is 15.2 Å². The average molecular weight is 414 g/mol. The molecule has 0 saturated carbocycles. The van der Waals surface area contributed by atoms with E-state index in [1.807, 2.05) is 0 Å². The summed E-state index contributed by atoms with van der Waals surface area (Å²) in [6, 6.07) is 8.81. The van der Waals surface area contributed by atoms with Crippen LogP contribution in [0.25, 0.3) is 11.0 Å². The Bertz CT molecular complexity index is 1100. The lowest BCUT2D eigenvalue weighted by atomic mass is 10.1. The molecule has 0 aliphatic rings. The van der Waals surface area contributed by atoms with Gasteiger partial charge in [0.25, 0.3) is 5.91 Å². The molecule has 0 aliphatic heterocycles. The van der Waals surface area contributed by atoms with Crippen molar-refractivity contribution in [2.45, 2.75) is 19.4 Å². The number of amides is 1. The van der Waals surface area contributed by atoms with E-state index in [9.17, 15) is 14.4 Å². The van der Waals surface area contributed by atoms with Crippen LogP contribution in [0.15, 0.2) is 48.8 Å². The van der Waals surface area contributed by atoms with Gasteiger partial charge in [-0.2, -0.15) is 0 Å². The lowest BCUT2D eigenvalue weighted by molar-refractivity contribution is -0.124. The molecular formula is C20H16ClN3O5. The zero-order chi connectivity index (χ0) is 21.0. The van der Waals surface area contributed by atoms with Gasteiger partial charge >= 0.3 is 11.9 Å². The second-order valence-corrected chi connectivity index (χ2v) is 6.43. The minimum atomic E-state index is -1.16. The highest BCUT2D eigenvalue weighted by molar-refractivity contribution is 6.34. The van der Waals surface area contributed by atoms with Crippen LogP contribution >= 0.6 is 11.6 Å². The highest BCUT2D eigenvalue weighted by Crippen LogP contribution is 2.24. The Labute approximate surface area is 170 Å². The molecule has 1 heterocycles. The molecule has 29 heavy (non-hydrogen) atoms. The van der Waals surface area contributed by atoms with Crippen LogP contribution in [0.4, 0.5) is 5.69 Å². The third-order valence-electron chi connectivity index (χ3n) is 4.10. The van der Waals surface area contributed by atoms with Crippen molar-refractivity contribution in [2.24, 2.45) is 0 Å². The highest BCUT2D eigenvalue weighted by Gasteiger charge is 2.24. The number of esters is 1. The minimum Gasteiger partial charge on any atom is -0.478 e. The van der Waals surface area contributed by atoms with E-state index in [-0.39, 0.29) is 28.3 Å². The minimum absolute atomic E-state index is 0.0379. The molecule has 1 amide bonds. The largest absolute Gasteiger partial charge is 0.478 e. The van der Waals surface area contributed by atoms with Crippen LogP contribution in [-0.4, -0.2) is 39.0 Å². The number of halogens is 1. The van der Waals surface area contributed by atoms with Gasteiger partial charge in [-0.3, -0.25) is 14.8 Å². The first kappa shape index (κ1) is 20.2. The number of nitrogens with zero attached hydrogens (tertiary/aromatic N) is 2. The fourth-order valence-corrected chi connectivity index (χ4v) is 2.80. The van der Waals surface area contributed by atoms with Gasteiger partial charge in [0.05, 0.1) is 27.4 Å². The van der Waals surface area contributed by atoms with Gasteiger partial charge in [-0.05, 0) is 36.8 Å². The first-order chi connectivity index (χ1) is 13.9. The van der Waals surface area contributed by atoms with Crippen LogP contribution in [0.2, 0.25) is 5.02 Å². The van der Waals surface area contributed by atoms with Crippen molar-refractivity contribution in [3.63, 3.8) is 0 Å². The fourth-order valence-electron chi connectivity index (χ4n) is 2.64. The standard InChI is InChI=1S/C20H16ClN3O5/c1-2-16(18(25)24-15-10-11(19(26)27)6-7-13(15)21)29-20(28)12-4-3-5-14-17(12)23-9-8-22-14/h3-10,16H,2H2,1H3,(H,24,25)(H,26,27). The van der Waals surface area contributed by atoms with Gasteiger partial charge in [0.15, 0.2) is 6.10 Å². The zero-order valence-electron chi connectivity index (χ0n) is 15.3. The molecule has 1 unspecified atom stereocenters. The predicted molar refractivity (Wildman–Crippen MR) is 106 cm³/mol. The monoisotopic (exact) mass is 413 g/mol. The Balaban J connectivity index is 1.79. The number of ether oxygens (including phenoxy) is 1. The van der Waals surface area contributed by atoms with Crippen molar-refractivity contribution in [3.8, 4) is 0 Å². The van der Waals surface area contributed by atoms with Gasteiger partial charge in [0, 0.05) is 12.4 Å². The molecule has 0 aliphatic carbocycles. The summed E-state index contributed by atoms with van der Waals surface area (Å²) in [5.74, 6) is -2.51. The Morgan fingerprint density at radius 2 is 1.93 bits per heavy atom. The van der Waals surface area contributed by atoms with Crippen LogP contribution < -0.4 is 5.32 Å². The topological polar surface area (TPSA) is 118 Å². The number of hydrogen-bond donors (Lipinski definition) is 2. The molecule has 9 heteroatoms. The first-order valence-electron chi connectivity index (χ1n) is 8.65. The van der Waals surface area contributed by atoms with Crippen molar-refractivity contribution in [1.82, 2.24) is 9.97 Å². The molecule has 0 fully saturated rings. The Hall–Kier alpha value is -3.52. The first-order valence-corrected chi connectivity index (χ1v) is 9.03. The molecule has 2 aromatic carbocycles. The van der Waals surface area contributed by atoms with Gasteiger partial charge in [-0.15, -0.1) is 0 Å². The maximum absolute atomic E-state index is 12.6. The molecule has 1 aromatic heterocycles. The zero-order valence-corrected chi connectivity index (χ0v) is 16.0. The number of carboxylic acid groups (broad SMARTS) is 1. The third kappa shape index (κ3) is 4.49. The van der Waals surface area contributed by atoms with Gasteiger partial charge in [-0.25, -0.2) is 9.59 Å². The number of rotatable bonds is 6. The molecular weight excluding hydrogens is 398 g/mol. The van der Waals surface area contributed by atoms with Gasteiger partial charge in [0.2, 0.25) is 0 Å². The predicted octanol–water partition coefficient (Wildman–Crippen LogP) is 3.56. The smallest absolute Gasteiger partial charge is 0.341 e. The van der Waals surface area contributed by atoms with E-state index in [4.69, 9.17) is 21.4 Å². The van der Waals surface area contributed by atoms with Crippen molar-refractivity contribution in [2.75, 3.05) is 5.32 Å². The molecule has 8 nitrogen and oxygen atoms in total. The number of carbonyl (C=O) groups is 3. The normalized spacial score (nSPS) is 11.7. The second kappa shape index (κ2) is 8.66. The van der Waals surface area contributed by atoms with Crippen molar-refractivity contribution in [3.05, 3.63) is 64.9 Å². The summed E-state index contributed by atoms with van der Waals surface area (Å²) < 4.78 is 5.37. The molecule has 0 bridgehead atoms. The molecule has 0 spiro atoms. The van der Waals surface area contributed by atoms with Gasteiger partial charge in [0.1, 0.15) is 5.52 Å². The van der Waals surface area contributed by atoms with Crippen LogP contribution in [0.1, 0.15) is 34.1 Å². The number of nitrogens with one attached hydrogen (secondary N) is 1. The highest BCUT2D eigenvalue weighted by atomic mass is 35.5. The van der Waals surface area contributed by atoms with E-state index < -0.39 is 23.9 Å². The SMILES string of the molecule is CCC(OC(=O)c1cccc2nccnc12)C(=O)Nc1cc(C(=O)O)ccc1Cl. The average Bonchev–Trinajstić information content (AvgIpc) is 2.72. The molecule has 148 valence electrons. The lowest BCUT2D eigenvalue weighted by Gasteiger charge is -2.17. The Morgan fingerprint density at radius 3 is 2.66 bits per heavy atom. The maximum atomic E-state index is 12.6. The van der Waals surface area contributed by atoms with Crippen LogP contribution in [0, 0.1) is 0 Å². The maximum Gasteiger partial charge on any atom is 0.341 e. The number of para-hydroxylation sites is 1. The number of hydrogen-bond acceptors (Lipinski definition) is 6. The number of fused-ring (bicyclic) bond motifs is 1. The summed E-state index contributed by atoms with van der Waals surface area (Å²) in [6.07, 6.45) is 2.05. The Kier molecular flexibility index (Phi) is 6.04. The number of carboxylic acids is 1. The summed E-state index contributed by atoms with van der Waals surface area (Å²) in [4.78, 5) is 44.6. The molecule has 1 atom stereocenters. The number of carbonyl (C=O) groups excluding carboxylic acids is 2. The quantitative estimate of drug-likeness (QED) is 0.593. The summed E-state index contributed by atoms with van der Waals surface area (Å²) in [6.45, 7) is 1.68.